The van der Waals surface area contributed by atoms with E-state index in [2.05, 4.69) is 41.3 Å². The lowest BCUT2D eigenvalue weighted by Crippen LogP contribution is -2.48. The maximum absolute atomic E-state index is 10.9. The second-order valence-corrected chi connectivity index (χ2v) is 5.17. The number of nitrogens with zero attached hydrogens (tertiary/aromatic N) is 2. The van der Waals surface area contributed by atoms with E-state index in [1.54, 1.807) is 0 Å². The number of carbonyl (C=O) groups is 1. The number of hydrogen-bond acceptors (Lipinski definition) is 2. The summed E-state index contributed by atoms with van der Waals surface area (Å²) >= 11 is 0. The van der Waals surface area contributed by atoms with Gasteiger partial charge in [0.05, 0.1) is 0 Å². The molecule has 4 heteroatoms. The first-order chi connectivity index (χ1) is 10.2. The molecule has 1 aliphatic rings. The van der Waals surface area contributed by atoms with E-state index in [9.17, 15) is 4.79 Å². The summed E-state index contributed by atoms with van der Waals surface area (Å²) in [5.41, 5.74) is 3.54. The molecular weight excluding hydrogens is 264 g/mol. The van der Waals surface area contributed by atoms with Gasteiger partial charge in [0.2, 0.25) is 0 Å². The van der Waals surface area contributed by atoms with Crippen LogP contribution in [0.2, 0.25) is 0 Å². The fraction of sp³-hybridized carbons (Fsp3) is 0.235. The predicted molar refractivity (Wildman–Crippen MR) is 83.7 cm³/mol. The normalized spacial score (nSPS) is 15.0. The molecule has 2 aromatic rings. The number of rotatable bonds is 2. The van der Waals surface area contributed by atoms with Crippen molar-refractivity contribution in [3.63, 3.8) is 0 Å². The quantitative estimate of drug-likeness (QED) is 0.920. The minimum atomic E-state index is -0.826. The van der Waals surface area contributed by atoms with E-state index in [0.29, 0.717) is 13.1 Å². The zero-order valence-electron chi connectivity index (χ0n) is 11.8. The minimum absolute atomic E-state index is 0.560. The highest BCUT2D eigenvalue weighted by molar-refractivity contribution is 5.69. The third-order valence-electron chi connectivity index (χ3n) is 3.87. The lowest BCUT2D eigenvalue weighted by Gasteiger charge is -2.34. The molecule has 2 aromatic carbocycles. The van der Waals surface area contributed by atoms with Gasteiger partial charge in [-0.25, -0.2) is 4.79 Å². The molecule has 0 aliphatic carbocycles. The molecule has 1 fully saturated rings. The van der Waals surface area contributed by atoms with E-state index in [1.165, 1.54) is 16.0 Å². The average molecular weight is 282 g/mol. The van der Waals surface area contributed by atoms with Crippen LogP contribution in [-0.2, 0) is 0 Å². The van der Waals surface area contributed by atoms with E-state index in [4.69, 9.17) is 5.11 Å². The molecule has 21 heavy (non-hydrogen) atoms. The number of benzene rings is 2. The molecule has 4 nitrogen and oxygen atoms in total. The third kappa shape index (κ3) is 2.99. The van der Waals surface area contributed by atoms with Crippen molar-refractivity contribution in [3.8, 4) is 11.1 Å². The summed E-state index contributed by atoms with van der Waals surface area (Å²) in [5.74, 6) is 0. The molecule has 1 amide bonds. The lowest BCUT2D eigenvalue weighted by molar-refractivity contribution is 0.142. The van der Waals surface area contributed by atoms with Gasteiger partial charge in [-0.2, -0.15) is 0 Å². The summed E-state index contributed by atoms with van der Waals surface area (Å²) in [4.78, 5) is 14.7. The van der Waals surface area contributed by atoms with Crippen LogP contribution in [-0.4, -0.2) is 42.3 Å². The largest absolute Gasteiger partial charge is 0.465 e. The number of hydrogen-bond donors (Lipinski definition) is 1. The number of piperazine rings is 1. The van der Waals surface area contributed by atoms with Crippen molar-refractivity contribution in [1.29, 1.82) is 0 Å². The van der Waals surface area contributed by atoms with Crippen LogP contribution in [0.4, 0.5) is 10.5 Å². The van der Waals surface area contributed by atoms with Crippen LogP contribution in [0.15, 0.2) is 54.6 Å². The average Bonchev–Trinajstić information content (AvgIpc) is 2.56. The molecule has 1 heterocycles. The van der Waals surface area contributed by atoms with Crippen molar-refractivity contribution in [2.45, 2.75) is 0 Å². The first-order valence-electron chi connectivity index (χ1n) is 7.12. The third-order valence-corrected chi connectivity index (χ3v) is 3.87. The van der Waals surface area contributed by atoms with Crippen molar-refractivity contribution in [2.75, 3.05) is 31.1 Å². The monoisotopic (exact) mass is 282 g/mol. The molecule has 0 bridgehead atoms. The fourth-order valence-electron chi connectivity index (χ4n) is 2.67. The topological polar surface area (TPSA) is 43.8 Å². The van der Waals surface area contributed by atoms with E-state index >= 15 is 0 Å². The molecule has 1 N–H and O–H groups in total. The summed E-state index contributed by atoms with van der Waals surface area (Å²) in [6, 6.07) is 18.7. The summed E-state index contributed by atoms with van der Waals surface area (Å²) in [6.07, 6.45) is -0.826. The van der Waals surface area contributed by atoms with Gasteiger partial charge in [0, 0.05) is 31.9 Å². The van der Waals surface area contributed by atoms with E-state index in [0.717, 1.165) is 18.8 Å². The van der Waals surface area contributed by atoms with Crippen molar-refractivity contribution in [2.24, 2.45) is 0 Å². The van der Waals surface area contributed by atoms with Crippen molar-refractivity contribution in [3.05, 3.63) is 54.6 Å². The fourth-order valence-corrected chi connectivity index (χ4v) is 2.67. The highest BCUT2D eigenvalue weighted by atomic mass is 16.4. The van der Waals surface area contributed by atoms with Gasteiger partial charge in [-0.15, -0.1) is 0 Å². The number of anilines is 1. The van der Waals surface area contributed by atoms with E-state index in [-0.39, 0.29) is 0 Å². The maximum atomic E-state index is 10.9. The SMILES string of the molecule is O=C(O)N1CCN(c2cccc(-c3ccccc3)c2)CC1. The highest BCUT2D eigenvalue weighted by Gasteiger charge is 2.20. The van der Waals surface area contributed by atoms with Crippen molar-refractivity contribution < 1.29 is 9.90 Å². The van der Waals surface area contributed by atoms with Crippen LogP contribution < -0.4 is 4.90 Å². The first kappa shape index (κ1) is 13.5. The number of carboxylic acid groups (broad SMARTS) is 1. The van der Waals surface area contributed by atoms with Crippen LogP contribution >= 0.6 is 0 Å². The van der Waals surface area contributed by atoms with Gasteiger partial charge in [0.25, 0.3) is 0 Å². The van der Waals surface area contributed by atoms with Gasteiger partial charge in [-0.05, 0) is 23.3 Å². The molecular formula is C17H18N2O2. The zero-order chi connectivity index (χ0) is 14.7. The van der Waals surface area contributed by atoms with Gasteiger partial charge in [0.15, 0.2) is 0 Å². The predicted octanol–water partition coefficient (Wildman–Crippen LogP) is 3.15. The molecule has 0 aromatic heterocycles. The van der Waals surface area contributed by atoms with Crippen molar-refractivity contribution >= 4 is 11.8 Å². The second kappa shape index (κ2) is 5.87. The standard InChI is InChI=1S/C17H18N2O2/c20-17(21)19-11-9-18(10-12-19)16-8-4-7-15(13-16)14-5-2-1-3-6-14/h1-8,13H,9-12H2,(H,20,21). The minimum Gasteiger partial charge on any atom is -0.465 e. The molecule has 0 unspecified atom stereocenters. The van der Waals surface area contributed by atoms with Crippen LogP contribution in [0.25, 0.3) is 11.1 Å². The highest BCUT2D eigenvalue weighted by Crippen LogP contribution is 2.25. The Morgan fingerprint density at radius 2 is 1.52 bits per heavy atom. The Kier molecular flexibility index (Phi) is 3.77. The van der Waals surface area contributed by atoms with Crippen LogP contribution in [0.1, 0.15) is 0 Å². The molecule has 108 valence electrons. The van der Waals surface area contributed by atoms with Crippen molar-refractivity contribution in [1.82, 2.24) is 4.90 Å². The molecule has 0 atom stereocenters. The summed E-state index contributed by atoms with van der Waals surface area (Å²) < 4.78 is 0. The molecule has 0 saturated carbocycles. The maximum Gasteiger partial charge on any atom is 0.407 e. The van der Waals surface area contributed by atoms with Gasteiger partial charge in [0.1, 0.15) is 0 Å². The Morgan fingerprint density at radius 3 is 2.19 bits per heavy atom. The summed E-state index contributed by atoms with van der Waals surface area (Å²) in [6.45, 7) is 2.60. The van der Waals surface area contributed by atoms with Gasteiger partial charge in [-0.3, -0.25) is 0 Å². The molecule has 0 radical (unpaired) electrons. The Morgan fingerprint density at radius 1 is 0.857 bits per heavy atom. The Balaban J connectivity index is 1.77. The van der Waals surface area contributed by atoms with Crippen LogP contribution in [0, 0.1) is 0 Å². The Labute approximate surface area is 124 Å². The van der Waals surface area contributed by atoms with Gasteiger partial charge in [-0.1, -0.05) is 42.5 Å². The zero-order valence-corrected chi connectivity index (χ0v) is 11.8. The Bertz CT molecular complexity index is 620. The number of amides is 1. The Hall–Kier alpha value is -2.49. The van der Waals surface area contributed by atoms with Crippen LogP contribution in [0.3, 0.4) is 0 Å². The molecule has 0 spiro atoms. The summed E-state index contributed by atoms with van der Waals surface area (Å²) in [5, 5.41) is 9.00. The van der Waals surface area contributed by atoms with E-state index in [1.807, 2.05) is 18.2 Å². The second-order valence-electron chi connectivity index (χ2n) is 5.17. The van der Waals surface area contributed by atoms with Gasteiger partial charge < -0.3 is 14.9 Å². The van der Waals surface area contributed by atoms with Gasteiger partial charge >= 0.3 is 6.09 Å². The molecule has 3 rings (SSSR count). The van der Waals surface area contributed by atoms with E-state index < -0.39 is 6.09 Å². The first-order valence-corrected chi connectivity index (χ1v) is 7.12. The molecule has 1 aliphatic heterocycles. The van der Waals surface area contributed by atoms with Crippen LogP contribution in [0.5, 0.6) is 0 Å². The molecule has 1 saturated heterocycles. The lowest BCUT2D eigenvalue weighted by atomic mass is 10.0. The smallest absolute Gasteiger partial charge is 0.407 e. The summed E-state index contributed by atoms with van der Waals surface area (Å²) in [7, 11) is 0.